The molecule has 15 heavy (non-hydrogen) atoms. The molecule has 3 nitrogen and oxygen atoms in total. The van der Waals surface area contributed by atoms with Crippen molar-refractivity contribution in [2.45, 2.75) is 51.2 Å². The van der Waals surface area contributed by atoms with Crippen LogP contribution in [0.15, 0.2) is 5.16 Å². The first kappa shape index (κ1) is 12.7. The highest BCUT2D eigenvalue weighted by molar-refractivity contribution is 7.99. The normalized spacial score (nSPS) is 19.7. The minimum absolute atomic E-state index is 0.180. The molecule has 0 amide bonds. The van der Waals surface area contributed by atoms with Gasteiger partial charge in [-0.3, -0.25) is 0 Å². The molecule has 0 spiro atoms. The lowest BCUT2D eigenvalue weighted by atomic mass is 9.89. The van der Waals surface area contributed by atoms with E-state index in [2.05, 4.69) is 5.16 Å². The fraction of sp³-hybridized carbons (Fsp3) is 0.909. The molecule has 0 heterocycles. The van der Waals surface area contributed by atoms with Crippen molar-refractivity contribution in [2.75, 3.05) is 5.75 Å². The molecule has 1 saturated carbocycles. The number of hydrogen-bond acceptors (Lipinski definition) is 3. The molecular weight excluding hydrogens is 208 g/mol. The lowest BCUT2D eigenvalue weighted by Gasteiger charge is -2.23. The number of oxime groups is 1. The molecule has 0 radical (unpaired) electrons. The van der Waals surface area contributed by atoms with Crippen LogP contribution in [0.5, 0.6) is 0 Å². The average molecular weight is 230 g/mol. The molecule has 3 N–H and O–H groups in total. The van der Waals surface area contributed by atoms with Crippen LogP contribution in [0.1, 0.15) is 46.0 Å². The first-order chi connectivity index (χ1) is 7.06. The van der Waals surface area contributed by atoms with Crippen LogP contribution in [0.25, 0.3) is 0 Å². The summed E-state index contributed by atoms with van der Waals surface area (Å²) in [5.74, 6) is 1.45. The van der Waals surface area contributed by atoms with Crippen molar-refractivity contribution in [1.82, 2.24) is 0 Å². The molecule has 0 aromatic heterocycles. The van der Waals surface area contributed by atoms with Gasteiger partial charge in [0.1, 0.15) is 5.84 Å². The Morgan fingerprint density at radius 2 is 2.07 bits per heavy atom. The SMILES string of the molecule is CC(C)(CCSC1CCCC1)C(N)=NO. The summed E-state index contributed by atoms with van der Waals surface area (Å²) >= 11 is 2.05. The van der Waals surface area contributed by atoms with E-state index in [1.807, 2.05) is 25.6 Å². The minimum Gasteiger partial charge on any atom is -0.409 e. The second-order valence-electron chi connectivity index (χ2n) is 4.90. The highest BCUT2D eigenvalue weighted by Gasteiger charge is 2.24. The summed E-state index contributed by atoms with van der Waals surface area (Å²) in [5, 5.41) is 12.6. The topological polar surface area (TPSA) is 58.6 Å². The second-order valence-corrected chi connectivity index (χ2v) is 6.30. The Morgan fingerprint density at radius 3 is 2.60 bits per heavy atom. The van der Waals surface area contributed by atoms with E-state index in [-0.39, 0.29) is 5.41 Å². The van der Waals surface area contributed by atoms with Gasteiger partial charge < -0.3 is 10.9 Å². The molecule has 1 aliphatic carbocycles. The molecule has 0 aromatic rings. The van der Waals surface area contributed by atoms with Crippen LogP contribution in [0, 0.1) is 5.41 Å². The molecule has 0 aromatic carbocycles. The van der Waals surface area contributed by atoms with E-state index < -0.39 is 0 Å². The molecule has 0 bridgehead atoms. The summed E-state index contributed by atoms with van der Waals surface area (Å²) in [6.45, 7) is 4.05. The number of nitrogens with zero attached hydrogens (tertiary/aromatic N) is 1. The van der Waals surface area contributed by atoms with Gasteiger partial charge in [-0.1, -0.05) is 31.8 Å². The van der Waals surface area contributed by atoms with Gasteiger partial charge in [-0.25, -0.2) is 0 Å². The molecule has 1 aliphatic rings. The van der Waals surface area contributed by atoms with Crippen LogP contribution >= 0.6 is 11.8 Å². The zero-order valence-corrected chi connectivity index (χ0v) is 10.5. The lowest BCUT2D eigenvalue weighted by Crippen LogP contribution is -2.32. The van der Waals surface area contributed by atoms with Gasteiger partial charge in [0, 0.05) is 10.7 Å². The average Bonchev–Trinajstić information content (AvgIpc) is 2.69. The Morgan fingerprint density at radius 1 is 1.47 bits per heavy atom. The van der Waals surface area contributed by atoms with Crippen LogP contribution in [0.4, 0.5) is 0 Å². The van der Waals surface area contributed by atoms with E-state index in [0.29, 0.717) is 5.84 Å². The summed E-state index contributed by atoms with van der Waals surface area (Å²) in [6, 6.07) is 0. The van der Waals surface area contributed by atoms with Gasteiger partial charge in [-0.2, -0.15) is 11.8 Å². The second kappa shape index (κ2) is 5.64. The standard InChI is InChI=1S/C11H22N2OS/c1-11(2,10(12)13-14)7-8-15-9-5-3-4-6-9/h9,14H,3-8H2,1-2H3,(H2,12,13). The van der Waals surface area contributed by atoms with Crippen molar-refractivity contribution in [3.05, 3.63) is 0 Å². The molecular formula is C11H22N2OS. The Hall–Kier alpha value is -0.380. The van der Waals surface area contributed by atoms with Crippen molar-refractivity contribution in [1.29, 1.82) is 0 Å². The van der Waals surface area contributed by atoms with Gasteiger partial charge in [0.15, 0.2) is 0 Å². The summed E-state index contributed by atoms with van der Waals surface area (Å²) in [6.07, 6.45) is 6.50. The van der Waals surface area contributed by atoms with Gasteiger partial charge in [0.2, 0.25) is 0 Å². The van der Waals surface area contributed by atoms with Gasteiger partial charge in [0.05, 0.1) is 0 Å². The number of thioether (sulfide) groups is 1. The van der Waals surface area contributed by atoms with Crippen LogP contribution < -0.4 is 5.73 Å². The minimum atomic E-state index is -0.180. The maximum absolute atomic E-state index is 8.64. The highest BCUT2D eigenvalue weighted by atomic mass is 32.2. The number of rotatable bonds is 5. The van der Waals surface area contributed by atoms with E-state index in [9.17, 15) is 0 Å². The lowest BCUT2D eigenvalue weighted by molar-refractivity contribution is 0.307. The summed E-state index contributed by atoms with van der Waals surface area (Å²) in [7, 11) is 0. The van der Waals surface area contributed by atoms with Gasteiger partial charge >= 0.3 is 0 Å². The highest BCUT2D eigenvalue weighted by Crippen LogP contribution is 2.32. The summed E-state index contributed by atoms with van der Waals surface area (Å²) in [5.41, 5.74) is 5.46. The van der Waals surface area contributed by atoms with Crippen molar-refractivity contribution < 1.29 is 5.21 Å². The molecule has 0 unspecified atom stereocenters. The first-order valence-electron chi connectivity index (χ1n) is 5.66. The fourth-order valence-electron chi connectivity index (χ4n) is 1.80. The molecule has 4 heteroatoms. The molecule has 0 atom stereocenters. The zero-order valence-electron chi connectivity index (χ0n) is 9.70. The monoisotopic (exact) mass is 230 g/mol. The van der Waals surface area contributed by atoms with Crippen molar-refractivity contribution in [3.63, 3.8) is 0 Å². The quantitative estimate of drug-likeness (QED) is 0.330. The maximum Gasteiger partial charge on any atom is 0.144 e. The zero-order chi connectivity index (χ0) is 11.3. The first-order valence-corrected chi connectivity index (χ1v) is 6.71. The van der Waals surface area contributed by atoms with Crippen molar-refractivity contribution in [2.24, 2.45) is 16.3 Å². The van der Waals surface area contributed by atoms with Crippen LogP contribution in [-0.4, -0.2) is 22.0 Å². The summed E-state index contributed by atoms with van der Waals surface area (Å²) in [4.78, 5) is 0. The van der Waals surface area contributed by atoms with Crippen molar-refractivity contribution >= 4 is 17.6 Å². The Balaban J connectivity index is 2.23. The predicted octanol–water partition coefficient (Wildman–Crippen LogP) is 2.82. The molecule has 1 rings (SSSR count). The van der Waals surface area contributed by atoms with Gasteiger partial charge in [-0.05, 0) is 25.0 Å². The van der Waals surface area contributed by atoms with E-state index >= 15 is 0 Å². The van der Waals surface area contributed by atoms with Gasteiger partial charge in [-0.15, -0.1) is 0 Å². The smallest absolute Gasteiger partial charge is 0.144 e. The third-order valence-electron chi connectivity index (χ3n) is 3.18. The van der Waals surface area contributed by atoms with Crippen LogP contribution in [-0.2, 0) is 0 Å². The molecule has 1 fully saturated rings. The number of amidine groups is 1. The predicted molar refractivity (Wildman–Crippen MR) is 66.5 cm³/mol. The Kier molecular flexibility index (Phi) is 4.77. The third-order valence-corrected chi connectivity index (χ3v) is 4.57. The number of hydrogen-bond donors (Lipinski definition) is 2. The van der Waals surface area contributed by atoms with E-state index in [0.717, 1.165) is 17.4 Å². The largest absolute Gasteiger partial charge is 0.409 e. The van der Waals surface area contributed by atoms with E-state index in [1.165, 1.54) is 25.7 Å². The van der Waals surface area contributed by atoms with Crippen LogP contribution in [0.3, 0.4) is 0 Å². The molecule has 0 aliphatic heterocycles. The fourth-order valence-corrected chi connectivity index (χ4v) is 3.43. The maximum atomic E-state index is 8.64. The molecule has 88 valence electrons. The summed E-state index contributed by atoms with van der Waals surface area (Å²) < 4.78 is 0. The Bertz CT molecular complexity index is 223. The number of nitrogens with two attached hydrogens (primary N) is 1. The van der Waals surface area contributed by atoms with E-state index in [4.69, 9.17) is 10.9 Å². The van der Waals surface area contributed by atoms with E-state index in [1.54, 1.807) is 0 Å². The van der Waals surface area contributed by atoms with Gasteiger partial charge in [0.25, 0.3) is 0 Å². The third kappa shape index (κ3) is 3.93. The van der Waals surface area contributed by atoms with Crippen LogP contribution in [0.2, 0.25) is 0 Å². The van der Waals surface area contributed by atoms with Crippen molar-refractivity contribution in [3.8, 4) is 0 Å². The Labute approximate surface area is 96.5 Å². The molecule has 0 saturated heterocycles.